The lowest BCUT2D eigenvalue weighted by Crippen LogP contribution is -2.31. The Kier molecular flexibility index (Phi) is 5.07. The number of para-hydroxylation sites is 1. The van der Waals surface area contributed by atoms with Gasteiger partial charge in [0, 0.05) is 42.0 Å². The fraction of sp³-hybridized carbons (Fsp3) is 0.280. The average molecular weight is 447 g/mol. The molecule has 7 heteroatoms. The Morgan fingerprint density at radius 3 is 2.91 bits per heavy atom. The van der Waals surface area contributed by atoms with Crippen LogP contribution in [0.5, 0.6) is 5.75 Å². The lowest BCUT2D eigenvalue weighted by atomic mass is 10.0. The fourth-order valence-electron chi connectivity index (χ4n) is 3.90. The number of aromatic amines is 1. The van der Waals surface area contributed by atoms with Crippen LogP contribution in [0.15, 0.2) is 36.7 Å². The second kappa shape index (κ2) is 7.92. The Balaban J connectivity index is 1.67. The quantitative estimate of drug-likeness (QED) is 0.497. The second-order valence-electron chi connectivity index (χ2n) is 8.41. The highest BCUT2D eigenvalue weighted by atomic mass is 35.5. The molecule has 2 aliphatic rings. The largest absolute Gasteiger partial charge is 0.493 e. The lowest BCUT2D eigenvalue weighted by Gasteiger charge is -2.17. The topological polar surface area (TPSA) is 79.0 Å². The highest BCUT2D eigenvalue weighted by molar-refractivity contribution is 6.32. The number of benzene rings is 1. The summed E-state index contributed by atoms with van der Waals surface area (Å²) in [4.78, 5) is 20.6. The summed E-state index contributed by atoms with van der Waals surface area (Å²) in [5.74, 6) is 7.10. The van der Waals surface area contributed by atoms with Gasteiger partial charge in [-0.2, -0.15) is 0 Å². The van der Waals surface area contributed by atoms with Crippen molar-refractivity contribution in [1.82, 2.24) is 15.3 Å². The summed E-state index contributed by atoms with van der Waals surface area (Å²) in [5, 5.41) is 6.84. The van der Waals surface area contributed by atoms with E-state index in [2.05, 4.69) is 39.4 Å². The van der Waals surface area contributed by atoms with Gasteiger partial charge in [0.25, 0.3) is 5.91 Å². The number of nitrogens with one attached hydrogen (secondary N) is 3. The minimum Gasteiger partial charge on any atom is -0.493 e. The molecule has 1 aliphatic heterocycles. The zero-order valence-electron chi connectivity index (χ0n) is 17.9. The number of anilines is 2. The number of rotatable bonds is 4. The molecule has 1 saturated carbocycles. The second-order valence-corrected chi connectivity index (χ2v) is 8.82. The monoisotopic (exact) mass is 446 g/mol. The minimum absolute atomic E-state index is 0.0944. The molecule has 32 heavy (non-hydrogen) atoms. The molecule has 6 nitrogen and oxygen atoms in total. The van der Waals surface area contributed by atoms with Gasteiger partial charge in [-0.3, -0.25) is 9.78 Å². The van der Waals surface area contributed by atoms with Crippen LogP contribution in [0.25, 0.3) is 11.3 Å². The highest BCUT2D eigenvalue weighted by Crippen LogP contribution is 2.45. The van der Waals surface area contributed by atoms with Gasteiger partial charge in [-0.15, -0.1) is 0 Å². The Hall–Kier alpha value is -3.43. The third kappa shape index (κ3) is 3.69. The van der Waals surface area contributed by atoms with E-state index in [4.69, 9.17) is 16.3 Å². The van der Waals surface area contributed by atoms with E-state index in [1.54, 1.807) is 25.6 Å². The summed E-state index contributed by atoms with van der Waals surface area (Å²) in [7, 11) is 1.57. The molecule has 0 saturated heterocycles. The molecule has 3 heterocycles. The predicted octanol–water partition coefficient (Wildman–Crippen LogP) is 4.92. The van der Waals surface area contributed by atoms with E-state index < -0.39 is 0 Å². The molecule has 1 amide bonds. The first-order valence-corrected chi connectivity index (χ1v) is 11.0. The van der Waals surface area contributed by atoms with Gasteiger partial charge < -0.3 is 20.4 Å². The molecule has 0 spiro atoms. The Morgan fingerprint density at radius 2 is 2.12 bits per heavy atom. The van der Waals surface area contributed by atoms with Crippen LogP contribution in [0.2, 0.25) is 5.02 Å². The zero-order valence-corrected chi connectivity index (χ0v) is 18.7. The lowest BCUT2D eigenvalue weighted by molar-refractivity contribution is 0.0947. The van der Waals surface area contributed by atoms with Gasteiger partial charge in [-0.1, -0.05) is 29.5 Å². The SMILES string of the molecule is COc1c(Cl)cccc1Nc1c(-c2ccncc2C#CC2(C)CC2)[nH]c2c1C(=O)NCC2. The first kappa shape index (κ1) is 20.5. The van der Waals surface area contributed by atoms with Gasteiger partial charge in [0.1, 0.15) is 0 Å². The predicted molar refractivity (Wildman–Crippen MR) is 126 cm³/mol. The first-order valence-electron chi connectivity index (χ1n) is 10.6. The maximum atomic E-state index is 12.8. The summed E-state index contributed by atoms with van der Waals surface area (Å²) in [5.41, 5.74) is 5.43. The van der Waals surface area contributed by atoms with Crippen molar-refractivity contribution in [1.29, 1.82) is 0 Å². The number of ether oxygens (including phenoxy) is 1. The summed E-state index contributed by atoms with van der Waals surface area (Å²) in [6.07, 6.45) is 6.47. The van der Waals surface area contributed by atoms with Crippen molar-refractivity contribution in [3.63, 3.8) is 0 Å². The summed E-state index contributed by atoms with van der Waals surface area (Å²) < 4.78 is 5.51. The van der Waals surface area contributed by atoms with E-state index in [1.807, 2.05) is 18.2 Å². The number of nitrogens with zero attached hydrogens (tertiary/aromatic N) is 1. The van der Waals surface area contributed by atoms with E-state index in [9.17, 15) is 4.79 Å². The van der Waals surface area contributed by atoms with Crippen LogP contribution in [0.4, 0.5) is 11.4 Å². The van der Waals surface area contributed by atoms with Crippen LogP contribution in [-0.2, 0) is 6.42 Å². The van der Waals surface area contributed by atoms with Gasteiger partial charge in [-0.05, 0) is 38.0 Å². The molecule has 0 bridgehead atoms. The number of fused-ring (bicyclic) bond motifs is 1. The van der Waals surface area contributed by atoms with Crippen LogP contribution in [0.1, 0.15) is 41.4 Å². The maximum absolute atomic E-state index is 12.8. The molecule has 0 unspecified atom stereocenters. The van der Waals surface area contributed by atoms with E-state index in [0.29, 0.717) is 40.7 Å². The number of amides is 1. The van der Waals surface area contributed by atoms with Gasteiger partial charge in [-0.25, -0.2) is 0 Å². The number of pyridine rings is 1. The van der Waals surface area contributed by atoms with E-state index >= 15 is 0 Å². The molecule has 1 aliphatic carbocycles. The maximum Gasteiger partial charge on any atom is 0.255 e. The zero-order chi connectivity index (χ0) is 22.3. The minimum atomic E-state index is -0.121. The Morgan fingerprint density at radius 1 is 1.28 bits per heavy atom. The molecule has 3 aromatic rings. The number of aromatic nitrogens is 2. The number of halogens is 1. The number of H-pyrrole nitrogens is 1. The molecular formula is C25H23ClN4O2. The number of carbonyl (C=O) groups excluding carboxylic acids is 1. The standard InChI is InChI=1S/C25H23ClN4O2/c1-25(10-11-25)9-6-15-14-27-12-7-16(15)21-22(20-18(29-21)8-13-28-24(20)31)30-19-5-3-4-17(26)23(19)32-2/h3-5,7,12,14,29-30H,8,10-11,13H2,1-2H3,(H,28,31). The van der Waals surface area contributed by atoms with Crippen molar-refractivity contribution in [3.05, 3.63) is 58.5 Å². The van der Waals surface area contributed by atoms with E-state index in [-0.39, 0.29) is 11.3 Å². The van der Waals surface area contributed by atoms with Crippen LogP contribution in [0, 0.1) is 17.3 Å². The van der Waals surface area contributed by atoms with Gasteiger partial charge in [0.2, 0.25) is 0 Å². The van der Waals surface area contributed by atoms with Gasteiger partial charge in [0.15, 0.2) is 5.75 Å². The Bertz CT molecular complexity index is 1280. The molecule has 5 rings (SSSR count). The third-order valence-corrected chi connectivity index (χ3v) is 6.28. The number of carbonyl (C=O) groups is 1. The summed E-state index contributed by atoms with van der Waals surface area (Å²) >= 11 is 6.33. The van der Waals surface area contributed by atoms with E-state index in [1.165, 1.54) is 0 Å². The fourth-order valence-corrected chi connectivity index (χ4v) is 4.15. The summed E-state index contributed by atoms with van der Waals surface area (Å²) in [6.45, 7) is 2.76. The molecule has 3 N–H and O–H groups in total. The molecular weight excluding hydrogens is 424 g/mol. The normalized spacial score (nSPS) is 15.8. The van der Waals surface area contributed by atoms with Crippen molar-refractivity contribution >= 4 is 28.9 Å². The number of hydrogen-bond donors (Lipinski definition) is 3. The van der Waals surface area contributed by atoms with E-state index in [0.717, 1.165) is 35.4 Å². The third-order valence-electron chi connectivity index (χ3n) is 5.99. The molecule has 0 radical (unpaired) electrons. The van der Waals surface area contributed by atoms with Gasteiger partial charge >= 0.3 is 0 Å². The molecule has 162 valence electrons. The molecule has 1 fully saturated rings. The van der Waals surface area contributed by atoms with Crippen LogP contribution in [0.3, 0.4) is 0 Å². The molecule has 2 aromatic heterocycles. The molecule has 0 atom stereocenters. The van der Waals surface area contributed by atoms with Crippen molar-refractivity contribution in [3.8, 4) is 28.8 Å². The number of hydrogen-bond acceptors (Lipinski definition) is 4. The van der Waals surface area contributed by atoms with Crippen molar-refractivity contribution < 1.29 is 9.53 Å². The van der Waals surface area contributed by atoms with Crippen LogP contribution in [-0.4, -0.2) is 29.5 Å². The van der Waals surface area contributed by atoms with Gasteiger partial charge in [0.05, 0.1) is 40.3 Å². The number of methoxy groups -OCH3 is 1. The van der Waals surface area contributed by atoms with Crippen molar-refractivity contribution in [2.75, 3.05) is 19.0 Å². The first-order chi connectivity index (χ1) is 15.5. The van der Waals surface area contributed by atoms with Crippen LogP contribution < -0.4 is 15.4 Å². The smallest absolute Gasteiger partial charge is 0.255 e. The van der Waals surface area contributed by atoms with Crippen molar-refractivity contribution in [2.24, 2.45) is 5.41 Å². The average Bonchev–Trinajstić information content (AvgIpc) is 3.41. The van der Waals surface area contributed by atoms with Crippen LogP contribution >= 0.6 is 11.6 Å². The summed E-state index contributed by atoms with van der Waals surface area (Å²) in [6, 6.07) is 7.40. The Labute approximate surface area is 191 Å². The molecule has 1 aromatic carbocycles. The highest BCUT2D eigenvalue weighted by Gasteiger charge is 2.35. The van der Waals surface area contributed by atoms with Crippen molar-refractivity contribution in [2.45, 2.75) is 26.2 Å².